The molecule has 8 heteroatoms. The van der Waals surface area contributed by atoms with Gasteiger partial charge < -0.3 is 15.4 Å². The van der Waals surface area contributed by atoms with Crippen molar-refractivity contribution in [3.05, 3.63) is 34.9 Å². The summed E-state index contributed by atoms with van der Waals surface area (Å²) < 4.78 is 5.54. The SMILES string of the molecule is CN=C(NCCc1cccc(Cl)c1)NCC1(N2CCOCC2)CCSC1.I. The highest BCUT2D eigenvalue weighted by atomic mass is 127. The van der Waals surface area contributed by atoms with Gasteiger partial charge in [0.1, 0.15) is 0 Å². The Morgan fingerprint density at radius 1 is 1.33 bits per heavy atom. The first kappa shape index (κ1) is 23.1. The van der Waals surface area contributed by atoms with Crippen molar-refractivity contribution in [3.8, 4) is 0 Å². The van der Waals surface area contributed by atoms with Crippen molar-refractivity contribution in [2.45, 2.75) is 18.4 Å². The molecule has 0 bridgehead atoms. The Hall–Kier alpha value is -0.220. The zero-order valence-corrected chi connectivity index (χ0v) is 19.8. The van der Waals surface area contributed by atoms with Gasteiger partial charge in [0.15, 0.2) is 5.96 Å². The van der Waals surface area contributed by atoms with Crippen LogP contribution >= 0.6 is 47.3 Å². The molecule has 152 valence electrons. The van der Waals surface area contributed by atoms with Crippen LogP contribution in [0.2, 0.25) is 5.02 Å². The Morgan fingerprint density at radius 2 is 2.15 bits per heavy atom. The van der Waals surface area contributed by atoms with E-state index in [4.69, 9.17) is 16.3 Å². The Labute approximate surface area is 189 Å². The summed E-state index contributed by atoms with van der Waals surface area (Å²) in [6.07, 6.45) is 2.15. The van der Waals surface area contributed by atoms with Crippen molar-refractivity contribution in [1.82, 2.24) is 15.5 Å². The van der Waals surface area contributed by atoms with Crippen molar-refractivity contribution in [2.75, 3.05) is 57.9 Å². The third kappa shape index (κ3) is 6.66. The van der Waals surface area contributed by atoms with E-state index in [1.807, 2.05) is 25.2 Å². The number of halogens is 2. The largest absolute Gasteiger partial charge is 0.379 e. The summed E-state index contributed by atoms with van der Waals surface area (Å²) in [4.78, 5) is 7.01. The van der Waals surface area contributed by atoms with E-state index in [0.29, 0.717) is 0 Å². The zero-order chi connectivity index (χ0) is 18.2. The second-order valence-corrected chi connectivity index (χ2v) is 8.40. The van der Waals surface area contributed by atoms with Gasteiger partial charge in [-0.1, -0.05) is 23.7 Å². The molecule has 0 aromatic heterocycles. The molecule has 0 aliphatic carbocycles. The monoisotopic (exact) mass is 524 g/mol. The number of thioether (sulfide) groups is 1. The first-order valence-electron chi connectivity index (χ1n) is 9.31. The molecule has 1 aromatic carbocycles. The molecule has 5 nitrogen and oxygen atoms in total. The Kier molecular flexibility index (Phi) is 10.00. The molecule has 2 aliphatic heterocycles. The van der Waals surface area contributed by atoms with E-state index in [0.717, 1.165) is 56.8 Å². The quantitative estimate of drug-likeness (QED) is 0.341. The average Bonchev–Trinajstić information content (AvgIpc) is 3.15. The molecular weight excluding hydrogens is 495 g/mol. The molecule has 2 N–H and O–H groups in total. The molecule has 1 aromatic rings. The van der Waals surface area contributed by atoms with Gasteiger partial charge in [-0.25, -0.2) is 0 Å². The number of aliphatic imine (C=N–C) groups is 1. The fraction of sp³-hybridized carbons (Fsp3) is 0.632. The number of ether oxygens (including phenoxy) is 1. The van der Waals surface area contributed by atoms with Gasteiger partial charge in [-0.3, -0.25) is 9.89 Å². The van der Waals surface area contributed by atoms with Crippen molar-refractivity contribution in [2.24, 2.45) is 4.99 Å². The number of hydrogen-bond donors (Lipinski definition) is 2. The minimum Gasteiger partial charge on any atom is -0.379 e. The molecule has 2 fully saturated rings. The van der Waals surface area contributed by atoms with Gasteiger partial charge in [0.05, 0.1) is 13.2 Å². The smallest absolute Gasteiger partial charge is 0.191 e. The molecule has 3 rings (SSSR count). The van der Waals surface area contributed by atoms with Gasteiger partial charge in [-0.05, 0) is 36.3 Å². The van der Waals surface area contributed by atoms with Crippen LogP contribution in [0.15, 0.2) is 29.3 Å². The lowest BCUT2D eigenvalue weighted by Crippen LogP contribution is -2.60. The first-order chi connectivity index (χ1) is 12.7. The van der Waals surface area contributed by atoms with Crippen LogP contribution < -0.4 is 10.6 Å². The predicted octanol–water partition coefficient (Wildman–Crippen LogP) is 2.87. The summed E-state index contributed by atoms with van der Waals surface area (Å²) in [5.41, 5.74) is 1.45. The summed E-state index contributed by atoms with van der Waals surface area (Å²) in [7, 11) is 1.83. The molecular formula is C19H30ClIN4OS. The highest BCUT2D eigenvalue weighted by Crippen LogP contribution is 2.33. The van der Waals surface area contributed by atoms with Crippen LogP contribution in [0, 0.1) is 0 Å². The van der Waals surface area contributed by atoms with Crippen LogP contribution in [-0.2, 0) is 11.2 Å². The normalized spacial score (nSPS) is 23.7. The van der Waals surface area contributed by atoms with E-state index >= 15 is 0 Å². The van der Waals surface area contributed by atoms with E-state index in [1.54, 1.807) is 0 Å². The van der Waals surface area contributed by atoms with Gasteiger partial charge in [0.25, 0.3) is 0 Å². The number of hydrogen-bond acceptors (Lipinski definition) is 4. The predicted molar refractivity (Wildman–Crippen MR) is 127 cm³/mol. The van der Waals surface area contributed by atoms with Gasteiger partial charge in [-0.2, -0.15) is 11.8 Å². The van der Waals surface area contributed by atoms with Gasteiger partial charge in [0.2, 0.25) is 0 Å². The minimum atomic E-state index is 0. The number of benzene rings is 1. The summed E-state index contributed by atoms with van der Waals surface area (Å²) in [5, 5.41) is 7.78. The van der Waals surface area contributed by atoms with Crippen molar-refractivity contribution in [3.63, 3.8) is 0 Å². The molecule has 1 unspecified atom stereocenters. The number of nitrogens with one attached hydrogen (secondary N) is 2. The molecule has 0 saturated carbocycles. The van der Waals surface area contributed by atoms with Crippen molar-refractivity contribution < 1.29 is 4.74 Å². The lowest BCUT2D eigenvalue weighted by molar-refractivity contribution is -0.0120. The highest BCUT2D eigenvalue weighted by molar-refractivity contribution is 14.0. The van der Waals surface area contributed by atoms with Crippen molar-refractivity contribution in [1.29, 1.82) is 0 Å². The Morgan fingerprint density at radius 3 is 2.81 bits per heavy atom. The third-order valence-corrected chi connectivity index (χ3v) is 6.64. The lowest BCUT2D eigenvalue weighted by atomic mass is 9.95. The van der Waals surface area contributed by atoms with Crippen LogP contribution in [-0.4, -0.2) is 74.3 Å². The third-order valence-electron chi connectivity index (χ3n) is 5.17. The van der Waals surface area contributed by atoms with Crippen molar-refractivity contribution >= 4 is 53.3 Å². The van der Waals surface area contributed by atoms with Crippen LogP contribution in [0.4, 0.5) is 0 Å². The van der Waals surface area contributed by atoms with E-state index in [9.17, 15) is 0 Å². The molecule has 1 atom stereocenters. The van der Waals surface area contributed by atoms with E-state index < -0.39 is 0 Å². The molecule has 0 radical (unpaired) electrons. The molecule has 0 amide bonds. The number of nitrogens with zero attached hydrogens (tertiary/aromatic N) is 2. The summed E-state index contributed by atoms with van der Waals surface area (Å²) >= 11 is 8.11. The number of rotatable bonds is 6. The van der Waals surface area contributed by atoms with Crippen LogP contribution in [0.1, 0.15) is 12.0 Å². The maximum atomic E-state index is 6.05. The summed E-state index contributed by atoms with van der Waals surface area (Å²) in [6.45, 7) is 5.51. The molecule has 2 heterocycles. The molecule has 27 heavy (non-hydrogen) atoms. The topological polar surface area (TPSA) is 48.9 Å². The van der Waals surface area contributed by atoms with E-state index in [1.165, 1.54) is 23.5 Å². The first-order valence-corrected chi connectivity index (χ1v) is 10.8. The van der Waals surface area contributed by atoms with E-state index in [2.05, 4.69) is 38.4 Å². The fourth-order valence-corrected chi connectivity index (χ4v) is 5.31. The van der Waals surface area contributed by atoms with Crippen LogP contribution in [0.5, 0.6) is 0 Å². The van der Waals surface area contributed by atoms with Gasteiger partial charge in [0, 0.05) is 49.5 Å². The standard InChI is InChI=1S/C19H29ClN4OS.HI/c1-21-18(22-7-5-16-3-2-4-17(20)13-16)23-14-19(6-12-26-15-19)24-8-10-25-11-9-24;/h2-4,13H,5-12,14-15H2,1H3,(H2,21,22,23);1H. The van der Waals surface area contributed by atoms with Crippen LogP contribution in [0.25, 0.3) is 0 Å². The maximum Gasteiger partial charge on any atom is 0.191 e. The lowest BCUT2D eigenvalue weighted by Gasteiger charge is -2.43. The zero-order valence-electron chi connectivity index (χ0n) is 15.9. The number of morpholine rings is 1. The minimum absolute atomic E-state index is 0. The Balaban J connectivity index is 0.00000261. The summed E-state index contributed by atoms with van der Waals surface area (Å²) in [6, 6.07) is 8.02. The number of guanidine groups is 1. The molecule has 0 spiro atoms. The Bertz CT molecular complexity index is 607. The van der Waals surface area contributed by atoms with Crippen LogP contribution in [0.3, 0.4) is 0 Å². The highest BCUT2D eigenvalue weighted by Gasteiger charge is 2.40. The second-order valence-electron chi connectivity index (χ2n) is 6.86. The molecule has 2 aliphatic rings. The van der Waals surface area contributed by atoms with Gasteiger partial charge in [-0.15, -0.1) is 24.0 Å². The average molecular weight is 525 g/mol. The van der Waals surface area contributed by atoms with Gasteiger partial charge >= 0.3 is 0 Å². The fourth-order valence-electron chi connectivity index (χ4n) is 3.62. The van der Waals surface area contributed by atoms with E-state index in [-0.39, 0.29) is 29.5 Å². The maximum absolute atomic E-state index is 6.05. The second kappa shape index (κ2) is 11.7. The molecule has 2 saturated heterocycles. The summed E-state index contributed by atoms with van der Waals surface area (Å²) in [5.74, 6) is 3.29.